The molecule has 1 atom stereocenters. The van der Waals surface area contributed by atoms with Crippen molar-refractivity contribution in [2.45, 2.75) is 39.2 Å². The van der Waals surface area contributed by atoms with Gasteiger partial charge in [0.2, 0.25) is 0 Å². The Balaban J connectivity index is 0.00000220. The highest BCUT2D eigenvalue weighted by Crippen LogP contribution is 2.35. The Labute approximate surface area is 132 Å². The molecule has 0 saturated carbocycles. The van der Waals surface area contributed by atoms with Gasteiger partial charge in [-0.05, 0) is 31.0 Å². The number of halogens is 2. The van der Waals surface area contributed by atoms with Crippen molar-refractivity contribution in [2.75, 3.05) is 26.2 Å². The van der Waals surface area contributed by atoms with Crippen LogP contribution in [0.1, 0.15) is 43.4 Å². The van der Waals surface area contributed by atoms with Crippen LogP contribution in [0.4, 0.5) is 4.39 Å². The fourth-order valence-electron chi connectivity index (χ4n) is 2.94. The Hall–Kier alpha value is -0.840. The third-order valence-corrected chi connectivity index (χ3v) is 4.08. The average molecular weight is 317 g/mol. The van der Waals surface area contributed by atoms with Crippen molar-refractivity contribution >= 4 is 12.4 Å². The van der Waals surface area contributed by atoms with Crippen molar-refractivity contribution in [3.8, 4) is 5.75 Å². The third kappa shape index (κ3) is 4.56. The highest BCUT2D eigenvalue weighted by atomic mass is 35.5. The lowest BCUT2D eigenvalue weighted by Crippen LogP contribution is -2.45. The Bertz CT molecular complexity index is 450. The number of aromatic hydroxyl groups is 1. The first-order valence-electron chi connectivity index (χ1n) is 7.57. The Morgan fingerprint density at radius 1 is 1.33 bits per heavy atom. The second kappa shape index (κ2) is 8.57. The van der Waals surface area contributed by atoms with Gasteiger partial charge in [0.05, 0.1) is 0 Å². The quantitative estimate of drug-likeness (QED) is 0.874. The maximum absolute atomic E-state index is 13.7. The van der Waals surface area contributed by atoms with Crippen LogP contribution in [-0.2, 0) is 0 Å². The Morgan fingerprint density at radius 3 is 2.62 bits per heavy atom. The van der Waals surface area contributed by atoms with Gasteiger partial charge in [-0.2, -0.15) is 0 Å². The number of phenolic OH excluding ortho intramolecular Hbond substituents is 1. The molecule has 2 rings (SSSR count). The van der Waals surface area contributed by atoms with Crippen LogP contribution in [0.2, 0.25) is 0 Å². The first kappa shape index (κ1) is 18.2. The van der Waals surface area contributed by atoms with E-state index in [0.717, 1.165) is 51.0 Å². The van der Waals surface area contributed by atoms with Crippen LogP contribution < -0.4 is 5.32 Å². The summed E-state index contributed by atoms with van der Waals surface area (Å²) in [5, 5.41) is 13.6. The van der Waals surface area contributed by atoms with E-state index < -0.39 is 0 Å². The normalized spacial score (nSPS) is 17.3. The second-order valence-electron chi connectivity index (χ2n) is 5.60. The van der Waals surface area contributed by atoms with Gasteiger partial charge >= 0.3 is 0 Å². The largest absolute Gasteiger partial charge is 0.507 e. The van der Waals surface area contributed by atoms with Gasteiger partial charge in [-0.15, -0.1) is 12.4 Å². The summed E-state index contributed by atoms with van der Waals surface area (Å²) in [7, 11) is 0. The van der Waals surface area contributed by atoms with Crippen LogP contribution >= 0.6 is 12.4 Å². The topological polar surface area (TPSA) is 35.5 Å². The van der Waals surface area contributed by atoms with E-state index in [1.807, 2.05) is 0 Å². The number of benzene rings is 1. The maximum Gasteiger partial charge on any atom is 0.124 e. The van der Waals surface area contributed by atoms with E-state index in [1.54, 1.807) is 6.92 Å². The average Bonchev–Trinajstić information content (AvgIpc) is 2.45. The molecular formula is C16H26ClFN2O. The number of piperazine rings is 1. The summed E-state index contributed by atoms with van der Waals surface area (Å²) in [5.41, 5.74) is 1.37. The molecule has 0 aromatic heterocycles. The molecule has 5 heteroatoms. The van der Waals surface area contributed by atoms with E-state index in [4.69, 9.17) is 0 Å². The van der Waals surface area contributed by atoms with Crippen LogP contribution in [-0.4, -0.2) is 36.2 Å². The monoisotopic (exact) mass is 316 g/mol. The summed E-state index contributed by atoms with van der Waals surface area (Å²) in [6, 6.07) is 3.02. The molecule has 1 aromatic rings. The number of rotatable bonds is 5. The second-order valence-corrected chi connectivity index (χ2v) is 5.60. The summed E-state index contributed by atoms with van der Waals surface area (Å²) in [6.45, 7) is 7.73. The predicted molar refractivity (Wildman–Crippen MR) is 86.8 cm³/mol. The smallest absolute Gasteiger partial charge is 0.124 e. The zero-order valence-electron chi connectivity index (χ0n) is 12.9. The molecule has 2 N–H and O–H groups in total. The first-order valence-corrected chi connectivity index (χ1v) is 7.57. The van der Waals surface area contributed by atoms with Crippen LogP contribution in [0.15, 0.2) is 12.1 Å². The van der Waals surface area contributed by atoms with Gasteiger partial charge < -0.3 is 10.4 Å². The van der Waals surface area contributed by atoms with E-state index in [9.17, 15) is 9.50 Å². The Kier molecular flexibility index (Phi) is 7.43. The van der Waals surface area contributed by atoms with Crippen molar-refractivity contribution in [1.82, 2.24) is 10.2 Å². The molecule has 1 aliphatic rings. The van der Waals surface area contributed by atoms with Crippen molar-refractivity contribution in [3.63, 3.8) is 0 Å². The zero-order chi connectivity index (χ0) is 14.5. The maximum atomic E-state index is 13.7. The van der Waals surface area contributed by atoms with Gasteiger partial charge in [-0.25, -0.2) is 4.39 Å². The number of phenols is 1. The molecule has 0 radical (unpaired) electrons. The SMILES string of the molecule is CCCC[C@H](c1cc(F)cc(C)c1O)N1CCNCC1.Cl. The molecule has 1 aromatic carbocycles. The fourth-order valence-corrected chi connectivity index (χ4v) is 2.94. The van der Waals surface area contributed by atoms with Gasteiger partial charge in [0, 0.05) is 37.8 Å². The summed E-state index contributed by atoms with van der Waals surface area (Å²) >= 11 is 0. The van der Waals surface area contributed by atoms with Crippen molar-refractivity contribution in [2.24, 2.45) is 0 Å². The van der Waals surface area contributed by atoms with E-state index in [2.05, 4.69) is 17.1 Å². The van der Waals surface area contributed by atoms with E-state index >= 15 is 0 Å². The van der Waals surface area contributed by atoms with E-state index in [-0.39, 0.29) is 30.0 Å². The van der Waals surface area contributed by atoms with Crippen LogP contribution in [0.3, 0.4) is 0 Å². The van der Waals surface area contributed by atoms with Crippen LogP contribution in [0, 0.1) is 12.7 Å². The lowest BCUT2D eigenvalue weighted by atomic mass is 9.96. The number of aryl methyl sites for hydroxylation is 1. The Morgan fingerprint density at radius 2 is 2.00 bits per heavy atom. The van der Waals surface area contributed by atoms with Crippen molar-refractivity contribution < 1.29 is 9.50 Å². The van der Waals surface area contributed by atoms with Crippen molar-refractivity contribution in [3.05, 3.63) is 29.1 Å². The van der Waals surface area contributed by atoms with Gasteiger partial charge in [0.25, 0.3) is 0 Å². The summed E-state index contributed by atoms with van der Waals surface area (Å²) in [6.07, 6.45) is 3.16. The fraction of sp³-hybridized carbons (Fsp3) is 0.625. The molecule has 1 saturated heterocycles. The first-order chi connectivity index (χ1) is 9.63. The molecule has 0 amide bonds. The van der Waals surface area contributed by atoms with Crippen molar-refractivity contribution in [1.29, 1.82) is 0 Å². The van der Waals surface area contributed by atoms with Gasteiger partial charge in [0.1, 0.15) is 11.6 Å². The highest BCUT2D eigenvalue weighted by molar-refractivity contribution is 5.85. The molecule has 0 unspecified atom stereocenters. The summed E-state index contributed by atoms with van der Waals surface area (Å²) < 4.78 is 13.7. The summed E-state index contributed by atoms with van der Waals surface area (Å²) in [4.78, 5) is 2.36. The minimum absolute atomic E-state index is 0. The van der Waals surface area contributed by atoms with E-state index in [0.29, 0.717) is 5.56 Å². The molecule has 3 nitrogen and oxygen atoms in total. The van der Waals surface area contributed by atoms with Crippen LogP contribution in [0.25, 0.3) is 0 Å². The minimum atomic E-state index is -0.257. The molecule has 1 fully saturated rings. The molecule has 0 aliphatic carbocycles. The lowest BCUT2D eigenvalue weighted by Gasteiger charge is -2.35. The molecule has 1 aliphatic heterocycles. The minimum Gasteiger partial charge on any atom is -0.507 e. The molecular weight excluding hydrogens is 291 g/mol. The summed E-state index contributed by atoms with van der Waals surface area (Å²) in [5.74, 6) is -0.00188. The molecule has 0 bridgehead atoms. The van der Waals surface area contributed by atoms with Gasteiger partial charge in [-0.3, -0.25) is 4.90 Å². The lowest BCUT2D eigenvalue weighted by molar-refractivity contribution is 0.160. The standard InChI is InChI=1S/C16H25FN2O.ClH/c1-3-4-5-15(19-8-6-18-7-9-19)14-11-13(17)10-12(2)16(14)20;/h10-11,15,18,20H,3-9H2,1-2H3;1H/t15-;/m1./s1. The number of nitrogens with one attached hydrogen (secondary N) is 1. The number of hydrogen-bond acceptors (Lipinski definition) is 3. The van der Waals surface area contributed by atoms with E-state index in [1.165, 1.54) is 12.1 Å². The molecule has 120 valence electrons. The molecule has 21 heavy (non-hydrogen) atoms. The molecule has 1 heterocycles. The number of hydrogen-bond donors (Lipinski definition) is 2. The predicted octanol–water partition coefficient (Wildman–Crippen LogP) is 3.40. The van der Waals surface area contributed by atoms with Gasteiger partial charge in [0.15, 0.2) is 0 Å². The zero-order valence-corrected chi connectivity index (χ0v) is 13.7. The molecule has 0 spiro atoms. The number of nitrogens with zero attached hydrogens (tertiary/aromatic N) is 1. The third-order valence-electron chi connectivity index (χ3n) is 4.08. The van der Waals surface area contributed by atoms with Gasteiger partial charge in [-0.1, -0.05) is 19.8 Å². The van der Waals surface area contributed by atoms with Crippen LogP contribution in [0.5, 0.6) is 5.75 Å². The number of unbranched alkanes of at least 4 members (excludes halogenated alkanes) is 1. The highest BCUT2D eigenvalue weighted by Gasteiger charge is 2.25.